The molecule has 2 N–H and O–H groups in total. The molecule has 116 valence electrons. The summed E-state index contributed by atoms with van der Waals surface area (Å²) in [6.07, 6.45) is 2.91. The Morgan fingerprint density at radius 3 is 2.67 bits per heavy atom. The molecule has 1 amide bonds. The summed E-state index contributed by atoms with van der Waals surface area (Å²) in [6.45, 7) is 6.70. The van der Waals surface area contributed by atoms with Crippen LogP contribution in [0.2, 0.25) is 0 Å². The zero-order chi connectivity index (χ0) is 15.3. The average Bonchev–Trinajstić information content (AvgIpc) is 2.90. The van der Waals surface area contributed by atoms with Gasteiger partial charge in [0.15, 0.2) is 0 Å². The minimum Gasteiger partial charge on any atom is -0.444 e. The first kappa shape index (κ1) is 15.8. The van der Waals surface area contributed by atoms with Gasteiger partial charge in [0.1, 0.15) is 5.60 Å². The second kappa shape index (κ2) is 6.94. The van der Waals surface area contributed by atoms with Crippen LogP contribution in [0.15, 0.2) is 30.3 Å². The standard InChI is InChI=1S/C17H26N2O2/c1-17(2,3)21-16(20)19-15(12-14-10-7-11-18-14)13-8-5-4-6-9-13/h4-6,8-9,14-15,18H,7,10-12H2,1-3H3,(H,19,20). The monoisotopic (exact) mass is 290 g/mol. The van der Waals surface area contributed by atoms with Gasteiger partial charge in [-0.3, -0.25) is 0 Å². The van der Waals surface area contributed by atoms with Crippen LogP contribution in [0.25, 0.3) is 0 Å². The second-order valence-electron chi connectivity index (χ2n) is 6.64. The fourth-order valence-corrected chi connectivity index (χ4v) is 2.66. The van der Waals surface area contributed by atoms with Crippen LogP contribution in [0.1, 0.15) is 51.6 Å². The molecule has 1 saturated heterocycles. The lowest BCUT2D eigenvalue weighted by molar-refractivity contribution is 0.0499. The molecule has 2 atom stereocenters. The van der Waals surface area contributed by atoms with Crippen LogP contribution in [0.5, 0.6) is 0 Å². The van der Waals surface area contributed by atoms with Gasteiger partial charge in [-0.2, -0.15) is 0 Å². The second-order valence-corrected chi connectivity index (χ2v) is 6.64. The molecule has 0 bridgehead atoms. The molecule has 0 saturated carbocycles. The maximum Gasteiger partial charge on any atom is 0.408 e. The van der Waals surface area contributed by atoms with Gasteiger partial charge in [-0.1, -0.05) is 30.3 Å². The quantitative estimate of drug-likeness (QED) is 0.893. The number of nitrogens with one attached hydrogen (secondary N) is 2. The molecule has 2 rings (SSSR count). The Balaban J connectivity index is 2.03. The molecule has 4 heteroatoms. The number of benzene rings is 1. The maximum atomic E-state index is 12.1. The highest BCUT2D eigenvalue weighted by molar-refractivity contribution is 5.68. The summed E-state index contributed by atoms with van der Waals surface area (Å²) in [4.78, 5) is 12.1. The summed E-state index contributed by atoms with van der Waals surface area (Å²) in [5, 5.41) is 6.50. The van der Waals surface area contributed by atoms with E-state index >= 15 is 0 Å². The molecule has 1 fully saturated rings. The predicted octanol–water partition coefficient (Wildman–Crippen LogP) is 3.39. The van der Waals surface area contributed by atoms with E-state index in [1.807, 2.05) is 39.0 Å². The Bertz CT molecular complexity index is 448. The van der Waals surface area contributed by atoms with Crippen LogP contribution in [-0.4, -0.2) is 24.3 Å². The van der Waals surface area contributed by atoms with Crippen LogP contribution < -0.4 is 10.6 Å². The average molecular weight is 290 g/mol. The minimum absolute atomic E-state index is 0.0170. The molecular weight excluding hydrogens is 264 g/mol. The van der Waals surface area contributed by atoms with E-state index in [1.54, 1.807) is 0 Å². The van der Waals surface area contributed by atoms with E-state index in [2.05, 4.69) is 22.8 Å². The van der Waals surface area contributed by atoms with Gasteiger partial charge >= 0.3 is 6.09 Å². The van der Waals surface area contributed by atoms with Crippen molar-refractivity contribution in [3.63, 3.8) is 0 Å². The molecular formula is C17H26N2O2. The smallest absolute Gasteiger partial charge is 0.408 e. The number of alkyl carbamates (subject to hydrolysis) is 1. The van der Waals surface area contributed by atoms with Gasteiger partial charge < -0.3 is 15.4 Å². The number of amides is 1. The molecule has 0 spiro atoms. The van der Waals surface area contributed by atoms with E-state index < -0.39 is 5.60 Å². The molecule has 1 aliphatic heterocycles. The van der Waals surface area contributed by atoms with E-state index in [1.165, 1.54) is 12.8 Å². The van der Waals surface area contributed by atoms with Crippen molar-refractivity contribution < 1.29 is 9.53 Å². The summed E-state index contributed by atoms with van der Waals surface area (Å²) in [5.41, 5.74) is 0.647. The first-order valence-corrected chi connectivity index (χ1v) is 7.72. The highest BCUT2D eigenvalue weighted by Crippen LogP contribution is 2.23. The van der Waals surface area contributed by atoms with Crippen molar-refractivity contribution in [2.75, 3.05) is 6.54 Å². The lowest BCUT2D eigenvalue weighted by Gasteiger charge is -2.25. The molecule has 1 aromatic carbocycles. The molecule has 1 heterocycles. The van der Waals surface area contributed by atoms with Gasteiger partial charge in [0.05, 0.1) is 6.04 Å². The van der Waals surface area contributed by atoms with Gasteiger partial charge in [-0.15, -0.1) is 0 Å². The zero-order valence-corrected chi connectivity index (χ0v) is 13.2. The van der Waals surface area contributed by atoms with Crippen molar-refractivity contribution in [3.8, 4) is 0 Å². The lowest BCUT2D eigenvalue weighted by atomic mass is 9.98. The number of hydrogen-bond donors (Lipinski definition) is 2. The molecule has 0 aromatic heterocycles. The summed E-state index contributed by atoms with van der Waals surface area (Å²) in [5.74, 6) is 0. The molecule has 4 nitrogen and oxygen atoms in total. The van der Waals surface area contributed by atoms with Crippen LogP contribution in [-0.2, 0) is 4.74 Å². The third-order valence-corrected chi connectivity index (χ3v) is 3.58. The molecule has 1 aliphatic rings. The summed E-state index contributed by atoms with van der Waals surface area (Å²) in [7, 11) is 0. The van der Waals surface area contributed by atoms with Gasteiger partial charge in [-0.05, 0) is 52.1 Å². The Morgan fingerprint density at radius 1 is 1.38 bits per heavy atom. The highest BCUT2D eigenvalue weighted by atomic mass is 16.6. The number of ether oxygens (including phenoxy) is 1. The third-order valence-electron chi connectivity index (χ3n) is 3.58. The van der Waals surface area contributed by atoms with E-state index in [9.17, 15) is 4.79 Å². The van der Waals surface area contributed by atoms with Crippen LogP contribution in [0.3, 0.4) is 0 Å². The van der Waals surface area contributed by atoms with Crippen molar-refractivity contribution in [3.05, 3.63) is 35.9 Å². The predicted molar refractivity (Wildman–Crippen MR) is 84.2 cm³/mol. The van der Waals surface area contributed by atoms with Crippen molar-refractivity contribution in [2.24, 2.45) is 0 Å². The highest BCUT2D eigenvalue weighted by Gasteiger charge is 2.24. The van der Waals surface area contributed by atoms with Gasteiger partial charge in [0.2, 0.25) is 0 Å². The largest absolute Gasteiger partial charge is 0.444 e. The number of rotatable bonds is 4. The fraction of sp³-hybridized carbons (Fsp3) is 0.588. The lowest BCUT2D eigenvalue weighted by Crippen LogP contribution is -2.37. The van der Waals surface area contributed by atoms with Crippen molar-refractivity contribution >= 4 is 6.09 Å². The molecule has 1 aromatic rings. The number of carbonyl (C=O) groups excluding carboxylic acids is 1. The third kappa shape index (κ3) is 5.38. The first-order chi connectivity index (χ1) is 9.94. The van der Waals surface area contributed by atoms with Gasteiger partial charge in [0, 0.05) is 6.04 Å². The van der Waals surface area contributed by atoms with Crippen LogP contribution >= 0.6 is 0 Å². The molecule has 2 unspecified atom stereocenters. The Morgan fingerprint density at radius 2 is 2.10 bits per heavy atom. The Hall–Kier alpha value is -1.55. The van der Waals surface area contributed by atoms with Gasteiger partial charge in [0.25, 0.3) is 0 Å². The number of carbonyl (C=O) groups is 1. The van der Waals surface area contributed by atoms with E-state index in [4.69, 9.17) is 4.74 Å². The van der Waals surface area contributed by atoms with Gasteiger partial charge in [-0.25, -0.2) is 4.79 Å². The molecule has 0 aliphatic carbocycles. The SMILES string of the molecule is CC(C)(C)OC(=O)NC(CC1CCCN1)c1ccccc1. The molecule has 21 heavy (non-hydrogen) atoms. The Kier molecular flexibility index (Phi) is 5.23. The zero-order valence-electron chi connectivity index (χ0n) is 13.2. The van der Waals surface area contributed by atoms with Crippen LogP contribution in [0, 0.1) is 0 Å². The first-order valence-electron chi connectivity index (χ1n) is 7.72. The van der Waals surface area contributed by atoms with Crippen molar-refractivity contribution in [1.82, 2.24) is 10.6 Å². The summed E-state index contributed by atoms with van der Waals surface area (Å²) >= 11 is 0. The normalized spacial score (nSPS) is 20.0. The van der Waals surface area contributed by atoms with Crippen molar-refractivity contribution in [2.45, 2.75) is 57.7 Å². The van der Waals surface area contributed by atoms with E-state index in [-0.39, 0.29) is 12.1 Å². The molecule has 0 radical (unpaired) electrons. The van der Waals surface area contributed by atoms with E-state index in [0.717, 1.165) is 18.5 Å². The summed E-state index contributed by atoms with van der Waals surface area (Å²) in [6, 6.07) is 10.5. The summed E-state index contributed by atoms with van der Waals surface area (Å²) < 4.78 is 5.38. The van der Waals surface area contributed by atoms with Crippen LogP contribution in [0.4, 0.5) is 4.79 Å². The van der Waals surface area contributed by atoms with Crippen molar-refractivity contribution in [1.29, 1.82) is 0 Å². The minimum atomic E-state index is -0.475. The van der Waals surface area contributed by atoms with E-state index in [0.29, 0.717) is 6.04 Å². The Labute approximate surface area is 127 Å². The number of hydrogen-bond acceptors (Lipinski definition) is 3. The topological polar surface area (TPSA) is 50.4 Å². The maximum absolute atomic E-state index is 12.1. The fourth-order valence-electron chi connectivity index (χ4n) is 2.66.